The molecule has 2 rings (SSSR count). The number of nitrogen functional groups attached to an aromatic ring is 1. The molecule has 4 nitrogen and oxygen atoms in total. The molecular weight excluding hydrogens is 233 g/mol. The zero-order valence-corrected chi connectivity index (χ0v) is 10.3. The summed E-state index contributed by atoms with van der Waals surface area (Å²) in [5.41, 5.74) is 7.10. The molecule has 2 N–H and O–H groups in total. The summed E-state index contributed by atoms with van der Waals surface area (Å²) in [4.78, 5) is 8.43. The summed E-state index contributed by atoms with van der Waals surface area (Å²) in [6.07, 6.45) is 0.748. The highest BCUT2D eigenvalue weighted by molar-refractivity contribution is 5.58. The molecule has 0 aliphatic carbocycles. The average Bonchev–Trinajstić information content (AvgIpc) is 2.37. The lowest BCUT2D eigenvalue weighted by Crippen LogP contribution is -2.00. The summed E-state index contributed by atoms with van der Waals surface area (Å²) in [7, 11) is 1.42. The first kappa shape index (κ1) is 12.3. The van der Waals surface area contributed by atoms with Crippen molar-refractivity contribution in [1.29, 1.82) is 0 Å². The number of nitrogens with two attached hydrogens (primary N) is 1. The van der Waals surface area contributed by atoms with Crippen molar-refractivity contribution in [1.82, 2.24) is 9.97 Å². The number of ether oxygens (including phenoxy) is 1. The van der Waals surface area contributed by atoms with E-state index in [9.17, 15) is 4.39 Å². The molecule has 1 heterocycles. The zero-order chi connectivity index (χ0) is 13.1. The Morgan fingerprint density at radius 2 is 2.06 bits per heavy atom. The summed E-state index contributed by atoms with van der Waals surface area (Å²) in [6.45, 7) is 1.97. The van der Waals surface area contributed by atoms with Crippen molar-refractivity contribution in [2.75, 3.05) is 12.8 Å². The highest BCUT2D eigenvalue weighted by Gasteiger charge is 2.08. The summed E-state index contributed by atoms with van der Waals surface area (Å²) in [6, 6.07) is 6.30. The zero-order valence-electron chi connectivity index (χ0n) is 10.3. The average molecular weight is 247 g/mol. The third-order valence-electron chi connectivity index (χ3n) is 2.57. The summed E-state index contributed by atoms with van der Waals surface area (Å²) in [5, 5.41) is 0. The summed E-state index contributed by atoms with van der Waals surface area (Å²) >= 11 is 0. The van der Waals surface area contributed by atoms with Crippen LogP contribution in [-0.4, -0.2) is 17.1 Å². The molecule has 0 aliphatic heterocycles. The topological polar surface area (TPSA) is 61.0 Å². The molecule has 1 aromatic heterocycles. The quantitative estimate of drug-likeness (QED) is 0.904. The molecule has 0 unspecified atom stereocenters. The predicted molar refractivity (Wildman–Crippen MR) is 67.8 cm³/mol. The Balaban J connectivity index is 2.48. The molecule has 2 aromatic rings. The highest BCUT2D eigenvalue weighted by atomic mass is 19.1. The smallest absolute Gasteiger partial charge is 0.165 e. The van der Waals surface area contributed by atoms with E-state index >= 15 is 0 Å². The number of nitrogens with zero attached hydrogens (tertiary/aromatic N) is 2. The number of rotatable bonds is 3. The maximum atomic E-state index is 13.6. The van der Waals surface area contributed by atoms with Crippen LogP contribution in [0.2, 0.25) is 0 Å². The number of hydrogen-bond donors (Lipinski definition) is 1. The van der Waals surface area contributed by atoms with E-state index in [1.807, 2.05) is 6.92 Å². The van der Waals surface area contributed by atoms with Gasteiger partial charge < -0.3 is 10.5 Å². The van der Waals surface area contributed by atoms with Gasteiger partial charge in [-0.3, -0.25) is 0 Å². The summed E-state index contributed by atoms with van der Waals surface area (Å²) < 4.78 is 18.5. The molecule has 0 atom stereocenters. The Morgan fingerprint density at radius 3 is 2.67 bits per heavy atom. The SMILES string of the molecule is CCc1cc(N)nc(-c2ccc(OC)c(F)c2)n1. The second-order valence-electron chi connectivity index (χ2n) is 3.81. The van der Waals surface area contributed by atoms with E-state index in [2.05, 4.69) is 9.97 Å². The van der Waals surface area contributed by atoms with Gasteiger partial charge in [0.25, 0.3) is 0 Å². The normalized spacial score (nSPS) is 10.4. The maximum Gasteiger partial charge on any atom is 0.165 e. The minimum atomic E-state index is -0.445. The Bertz CT molecular complexity index is 572. The summed E-state index contributed by atoms with van der Waals surface area (Å²) in [5.74, 6) is 0.555. The fraction of sp³-hybridized carbons (Fsp3) is 0.231. The first-order valence-electron chi connectivity index (χ1n) is 5.61. The monoisotopic (exact) mass is 247 g/mol. The van der Waals surface area contributed by atoms with Crippen LogP contribution in [0, 0.1) is 5.82 Å². The van der Waals surface area contributed by atoms with Crippen molar-refractivity contribution in [3.8, 4) is 17.1 Å². The molecular formula is C13H14FN3O. The fourth-order valence-electron chi connectivity index (χ4n) is 1.63. The van der Waals surface area contributed by atoms with Crippen LogP contribution in [0.1, 0.15) is 12.6 Å². The van der Waals surface area contributed by atoms with Gasteiger partial charge in [0, 0.05) is 17.3 Å². The molecule has 0 bridgehead atoms. The van der Waals surface area contributed by atoms with E-state index in [-0.39, 0.29) is 5.75 Å². The molecule has 0 spiro atoms. The maximum absolute atomic E-state index is 13.6. The molecule has 0 fully saturated rings. The van der Waals surface area contributed by atoms with Crippen LogP contribution in [-0.2, 0) is 6.42 Å². The van der Waals surface area contributed by atoms with E-state index in [0.717, 1.165) is 12.1 Å². The van der Waals surface area contributed by atoms with E-state index < -0.39 is 5.82 Å². The van der Waals surface area contributed by atoms with Crippen molar-refractivity contribution < 1.29 is 9.13 Å². The van der Waals surface area contributed by atoms with Crippen molar-refractivity contribution in [2.24, 2.45) is 0 Å². The Kier molecular flexibility index (Phi) is 3.41. The van der Waals surface area contributed by atoms with Crippen LogP contribution in [0.5, 0.6) is 5.75 Å². The number of benzene rings is 1. The van der Waals surface area contributed by atoms with Gasteiger partial charge in [-0.15, -0.1) is 0 Å². The number of methoxy groups -OCH3 is 1. The lowest BCUT2D eigenvalue weighted by molar-refractivity contribution is 0.386. The van der Waals surface area contributed by atoms with Gasteiger partial charge in [-0.1, -0.05) is 6.92 Å². The van der Waals surface area contributed by atoms with E-state index in [1.165, 1.54) is 13.2 Å². The largest absolute Gasteiger partial charge is 0.494 e. The van der Waals surface area contributed by atoms with E-state index in [4.69, 9.17) is 10.5 Å². The number of anilines is 1. The standard InChI is InChI=1S/C13H14FN3O/c1-3-9-7-12(15)17-13(16-9)8-4-5-11(18-2)10(14)6-8/h4-7H,3H2,1-2H3,(H2,15,16,17). The minimum Gasteiger partial charge on any atom is -0.494 e. The first-order valence-corrected chi connectivity index (χ1v) is 5.61. The van der Waals surface area contributed by atoms with E-state index in [0.29, 0.717) is 17.2 Å². The number of aromatic nitrogens is 2. The Labute approximate surface area is 105 Å². The Morgan fingerprint density at radius 1 is 1.28 bits per heavy atom. The lowest BCUT2D eigenvalue weighted by Gasteiger charge is -2.06. The van der Waals surface area contributed by atoms with Gasteiger partial charge in [-0.25, -0.2) is 14.4 Å². The molecule has 0 radical (unpaired) electrons. The molecule has 94 valence electrons. The van der Waals surface area contributed by atoms with Crippen molar-refractivity contribution in [3.63, 3.8) is 0 Å². The van der Waals surface area contributed by atoms with Gasteiger partial charge in [0.05, 0.1) is 7.11 Å². The molecule has 0 amide bonds. The number of halogens is 1. The molecule has 1 aromatic carbocycles. The van der Waals surface area contributed by atoms with Gasteiger partial charge in [0.15, 0.2) is 17.4 Å². The highest BCUT2D eigenvalue weighted by Crippen LogP contribution is 2.24. The van der Waals surface area contributed by atoms with Crippen LogP contribution in [0.25, 0.3) is 11.4 Å². The van der Waals surface area contributed by atoms with Crippen LogP contribution in [0.4, 0.5) is 10.2 Å². The Hall–Kier alpha value is -2.17. The van der Waals surface area contributed by atoms with Gasteiger partial charge in [0.2, 0.25) is 0 Å². The second kappa shape index (κ2) is 5.00. The first-order chi connectivity index (χ1) is 8.63. The third-order valence-corrected chi connectivity index (χ3v) is 2.57. The van der Waals surface area contributed by atoms with Crippen LogP contribution in [0.3, 0.4) is 0 Å². The van der Waals surface area contributed by atoms with Crippen LogP contribution >= 0.6 is 0 Å². The minimum absolute atomic E-state index is 0.193. The van der Waals surface area contributed by atoms with Crippen molar-refractivity contribution in [3.05, 3.63) is 35.8 Å². The van der Waals surface area contributed by atoms with Gasteiger partial charge in [0.1, 0.15) is 5.82 Å². The van der Waals surface area contributed by atoms with Crippen LogP contribution < -0.4 is 10.5 Å². The fourth-order valence-corrected chi connectivity index (χ4v) is 1.63. The number of aryl methyl sites for hydroxylation is 1. The predicted octanol–water partition coefficient (Wildman–Crippen LogP) is 2.44. The van der Waals surface area contributed by atoms with Gasteiger partial charge in [-0.2, -0.15) is 0 Å². The van der Waals surface area contributed by atoms with Crippen LogP contribution in [0.15, 0.2) is 24.3 Å². The lowest BCUT2D eigenvalue weighted by atomic mass is 10.2. The van der Waals surface area contributed by atoms with Crippen molar-refractivity contribution in [2.45, 2.75) is 13.3 Å². The molecule has 0 saturated carbocycles. The second-order valence-corrected chi connectivity index (χ2v) is 3.81. The van der Waals surface area contributed by atoms with Crippen molar-refractivity contribution >= 4 is 5.82 Å². The van der Waals surface area contributed by atoms with E-state index in [1.54, 1.807) is 18.2 Å². The molecule has 5 heteroatoms. The number of hydrogen-bond acceptors (Lipinski definition) is 4. The molecule has 18 heavy (non-hydrogen) atoms. The van der Waals surface area contributed by atoms with Gasteiger partial charge in [-0.05, 0) is 24.6 Å². The molecule has 0 aliphatic rings. The molecule has 0 saturated heterocycles. The third kappa shape index (κ3) is 2.40. The van der Waals surface area contributed by atoms with Gasteiger partial charge >= 0.3 is 0 Å².